The Morgan fingerprint density at radius 2 is 2.06 bits per heavy atom. The topological polar surface area (TPSA) is 104 Å². The molecule has 0 saturated carbocycles. The van der Waals surface area contributed by atoms with Crippen LogP contribution in [0.1, 0.15) is 34.1 Å². The van der Waals surface area contributed by atoms with E-state index in [1.807, 2.05) is 0 Å². The molecule has 0 unspecified atom stereocenters. The average molecular weight is 242 g/mol. The summed E-state index contributed by atoms with van der Waals surface area (Å²) in [6.07, 6.45) is -0.392. The van der Waals surface area contributed by atoms with E-state index in [-0.39, 0.29) is 18.7 Å². The molecule has 0 rings (SSSR count). The van der Waals surface area contributed by atoms with Crippen molar-refractivity contribution in [1.29, 1.82) is 0 Å². The van der Waals surface area contributed by atoms with E-state index in [4.69, 9.17) is 10.3 Å². The Hall–Kier alpha value is -1.75. The van der Waals surface area contributed by atoms with Gasteiger partial charge in [-0.1, -0.05) is 5.11 Å². The van der Waals surface area contributed by atoms with Gasteiger partial charge in [-0.2, -0.15) is 0 Å². The van der Waals surface area contributed by atoms with E-state index in [0.29, 0.717) is 0 Å². The molecule has 0 fully saturated rings. The lowest BCUT2D eigenvalue weighted by atomic mass is 10.1. The van der Waals surface area contributed by atoms with Crippen LogP contribution in [-0.2, 0) is 9.53 Å². The SMILES string of the molecule is CC(=O)[C@H](CCN=[N+]=[N-])NC(=O)OC(C)(C)C. The summed E-state index contributed by atoms with van der Waals surface area (Å²) in [7, 11) is 0. The number of rotatable bonds is 5. The predicted octanol–water partition coefficient (Wildman–Crippen LogP) is 2.17. The summed E-state index contributed by atoms with van der Waals surface area (Å²) in [4.78, 5) is 25.2. The lowest BCUT2D eigenvalue weighted by Crippen LogP contribution is -2.43. The van der Waals surface area contributed by atoms with E-state index in [1.165, 1.54) is 6.92 Å². The first kappa shape index (κ1) is 15.2. The summed E-state index contributed by atoms with van der Waals surface area (Å²) in [6, 6.07) is -0.685. The van der Waals surface area contributed by atoms with Crippen molar-refractivity contribution in [1.82, 2.24) is 5.32 Å². The number of alkyl carbamates (subject to hydrolysis) is 1. The second kappa shape index (κ2) is 6.75. The minimum absolute atomic E-state index is 0.149. The minimum Gasteiger partial charge on any atom is -0.444 e. The molecule has 0 saturated heterocycles. The molecule has 0 aliphatic heterocycles. The molecule has 17 heavy (non-hydrogen) atoms. The molecule has 7 nitrogen and oxygen atoms in total. The number of Topliss-reactive ketones (excluding diaryl/α,β-unsaturated/α-hetero) is 1. The second-order valence-corrected chi connectivity index (χ2v) is 4.55. The summed E-state index contributed by atoms with van der Waals surface area (Å²) in [5, 5.41) is 5.75. The molecular formula is C10H18N4O3. The molecule has 0 radical (unpaired) electrons. The molecule has 96 valence electrons. The van der Waals surface area contributed by atoms with Crippen LogP contribution in [0, 0.1) is 0 Å². The van der Waals surface area contributed by atoms with E-state index in [1.54, 1.807) is 20.8 Å². The van der Waals surface area contributed by atoms with Crippen LogP contribution in [0.3, 0.4) is 0 Å². The van der Waals surface area contributed by atoms with E-state index in [0.717, 1.165) is 0 Å². The van der Waals surface area contributed by atoms with Crippen LogP contribution in [0.25, 0.3) is 10.4 Å². The Labute approximate surface area is 100 Å². The van der Waals surface area contributed by atoms with E-state index in [2.05, 4.69) is 15.3 Å². The first-order valence-corrected chi connectivity index (χ1v) is 5.27. The number of amides is 1. The van der Waals surface area contributed by atoms with Crippen LogP contribution >= 0.6 is 0 Å². The third-order valence-corrected chi connectivity index (χ3v) is 1.76. The van der Waals surface area contributed by atoms with E-state index < -0.39 is 17.7 Å². The van der Waals surface area contributed by atoms with Crippen molar-refractivity contribution < 1.29 is 14.3 Å². The highest BCUT2D eigenvalue weighted by Crippen LogP contribution is 2.07. The zero-order valence-corrected chi connectivity index (χ0v) is 10.6. The highest BCUT2D eigenvalue weighted by atomic mass is 16.6. The molecule has 0 spiro atoms. The van der Waals surface area contributed by atoms with Crippen molar-refractivity contribution in [2.45, 2.75) is 45.8 Å². The summed E-state index contributed by atoms with van der Waals surface area (Å²) in [6.45, 7) is 6.70. The van der Waals surface area contributed by atoms with Crippen molar-refractivity contribution in [3.05, 3.63) is 10.4 Å². The third-order valence-electron chi connectivity index (χ3n) is 1.76. The number of ketones is 1. The Morgan fingerprint density at radius 1 is 1.47 bits per heavy atom. The van der Waals surface area contributed by atoms with E-state index in [9.17, 15) is 9.59 Å². The van der Waals surface area contributed by atoms with Gasteiger partial charge in [-0.3, -0.25) is 4.79 Å². The Morgan fingerprint density at radius 3 is 2.47 bits per heavy atom. The van der Waals surface area contributed by atoms with Crippen LogP contribution in [0.2, 0.25) is 0 Å². The van der Waals surface area contributed by atoms with Crippen LogP contribution < -0.4 is 5.32 Å². The summed E-state index contributed by atoms with van der Waals surface area (Å²) in [5.41, 5.74) is 7.50. The quantitative estimate of drug-likeness (QED) is 0.453. The highest BCUT2D eigenvalue weighted by molar-refractivity contribution is 5.85. The normalized spacial score (nSPS) is 12.2. The standard InChI is InChI=1S/C10H18N4O3/c1-7(15)8(5-6-12-14-11)13-9(16)17-10(2,3)4/h8H,5-6H2,1-4H3,(H,13,16)/t8-/m0/s1. The molecule has 0 aromatic carbocycles. The van der Waals surface area contributed by atoms with E-state index >= 15 is 0 Å². The van der Waals surface area contributed by atoms with Crippen molar-refractivity contribution in [2.75, 3.05) is 6.54 Å². The monoisotopic (exact) mass is 242 g/mol. The number of nitrogens with zero attached hydrogens (tertiary/aromatic N) is 3. The third kappa shape index (κ3) is 8.10. The van der Waals surface area contributed by atoms with Crippen LogP contribution in [0.4, 0.5) is 4.79 Å². The maximum atomic E-state index is 11.4. The fraction of sp³-hybridized carbons (Fsp3) is 0.800. The van der Waals surface area contributed by atoms with Crippen molar-refractivity contribution in [2.24, 2.45) is 5.11 Å². The molecule has 7 heteroatoms. The number of nitrogens with one attached hydrogen (secondary N) is 1. The first-order chi connectivity index (χ1) is 7.76. The van der Waals surface area contributed by atoms with Crippen LogP contribution in [0.5, 0.6) is 0 Å². The van der Waals surface area contributed by atoms with Gasteiger partial charge in [0.15, 0.2) is 5.78 Å². The predicted molar refractivity (Wildman–Crippen MR) is 62.5 cm³/mol. The molecule has 0 aliphatic carbocycles. The molecule has 1 amide bonds. The summed E-state index contributed by atoms with van der Waals surface area (Å²) in [5.74, 6) is -0.205. The Bertz CT molecular complexity index is 329. The number of hydrogen-bond donors (Lipinski definition) is 1. The first-order valence-electron chi connectivity index (χ1n) is 5.27. The maximum Gasteiger partial charge on any atom is 0.408 e. The second-order valence-electron chi connectivity index (χ2n) is 4.55. The van der Waals surface area contributed by atoms with Gasteiger partial charge in [-0.15, -0.1) is 0 Å². The van der Waals surface area contributed by atoms with Gasteiger partial charge in [0.1, 0.15) is 5.60 Å². The number of ether oxygens (including phenoxy) is 1. The van der Waals surface area contributed by atoms with Gasteiger partial charge in [-0.25, -0.2) is 4.79 Å². The molecule has 0 aliphatic rings. The lowest BCUT2D eigenvalue weighted by molar-refractivity contribution is -0.119. The number of carbonyl (C=O) groups is 2. The van der Waals surface area contributed by atoms with Gasteiger partial charge < -0.3 is 10.1 Å². The zero-order chi connectivity index (χ0) is 13.5. The van der Waals surface area contributed by atoms with Crippen LogP contribution in [0.15, 0.2) is 5.11 Å². The maximum absolute atomic E-state index is 11.4. The van der Waals surface area contributed by atoms with Gasteiger partial charge in [-0.05, 0) is 39.6 Å². The van der Waals surface area contributed by atoms with Crippen molar-refractivity contribution >= 4 is 11.9 Å². The molecular weight excluding hydrogens is 224 g/mol. The van der Waals surface area contributed by atoms with Gasteiger partial charge in [0, 0.05) is 11.5 Å². The van der Waals surface area contributed by atoms with Crippen LogP contribution in [-0.4, -0.2) is 30.1 Å². The van der Waals surface area contributed by atoms with Crippen molar-refractivity contribution in [3.8, 4) is 0 Å². The van der Waals surface area contributed by atoms with Gasteiger partial charge in [0.05, 0.1) is 6.04 Å². The zero-order valence-electron chi connectivity index (χ0n) is 10.6. The average Bonchev–Trinajstić information content (AvgIpc) is 2.13. The molecule has 0 heterocycles. The van der Waals surface area contributed by atoms with Gasteiger partial charge in [0.25, 0.3) is 0 Å². The largest absolute Gasteiger partial charge is 0.444 e. The van der Waals surface area contributed by atoms with Gasteiger partial charge >= 0.3 is 6.09 Å². The van der Waals surface area contributed by atoms with Crippen molar-refractivity contribution in [3.63, 3.8) is 0 Å². The molecule has 1 N–H and O–H groups in total. The molecule has 0 aromatic heterocycles. The number of carbonyl (C=O) groups excluding carboxylic acids is 2. The summed E-state index contributed by atoms with van der Waals surface area (Å²) < 4.78 is 5.02. The number of hydrogen-bond acceptors (Lipinski definition) is 4. The fourth-order valence-corrected chi connectivity index (χ4v) is 1.06. The fourth-order valence-electron chi connectivity index (χ4n) is 1.06. The Balaban J connectivity index is 4.30. The molecule has 0 aromatic rings. The summed E-state index contributed by atoms with van der Waals surface area (Å²) >= 11 is 0. The smallest absolute Gasteiger partial charge is 0.408 e. The van der Waals surface area contributed by atoms with Gasteiger partial charge in [0.2, 0.25) is 0 Å². The Kier molecular flexibility index (Phi) is 6.06. The molecule has 0 bridgehead atoms. The lowest BCUT2D eigenvalue weighted by Gasteiger charge is -2.22. The molecule has 1 atom stereocenters. The highest BCUT2D eigenvalue weighted by Gasteiger charge is 2.21. The number of azide groups is 1. The minimum atomic E-state index is -0.685.